The molecule has 9 nitrogen and oxygen atoms in total. The molecule has 0 spiro atoms. The maximum absolute atomic E-state index is 11.4. The Bertz CT molecular complexity index is 379. The molecule has 0 heterocycles. The lowest BCUT2D eigenvalue weighted by molar-refractivity contribution is -0.140. The summed E-state index contributed by atoms with van der Waals surface area (Å²) >= 11 is 0. The van der Waals surface area contributed by atoms with Gasteiger partial charge in [-0.1, -0.05) is 0 Å². The molecule has 102 valence electrons. The van der Waals surface area contributed by atoms with Gasteiger partial charge >= 0.3 is 12.0 Å². The predicted molar refractivity (Wildman–Crippen MR) is 60.2 cm³/mol. The number of aliphatic carboxylic acids is 1. The third kappa shape index (κ3) is 5.14. The van der Waals surface area contributed by atoms with Crippen LogP contribution in [0.15, 0.2) is 0 Å². The lowest BCUT2D eigenvalue weighted by atomic mass is 10.1. The van der Waals surface area contributed by atoms with Gasteiger partial charge in [0.25, 0.3) is 0 Å². The van der Waals surface area contributed by atoms with Gasteiger partial charge in [-0.15, -0.1) is 0 Å². The Hall–Kier alpha value is -2.32. The summed E-state index contributed by atoms with van der Waals surface area (Å²) in [6, 6.07) is -2.40. The molecule has 18 heavy (non-hydrogen) atoms. The number of primary amides is 2. The van der Waals surface area contributed by atoms with Crippen molar-refractivity contribution in [3.8, 4) is 0 Å². The minimum atomic E-state index is -1.47. The maximum atomic E-state index is 11.4. The number of amides is 4. The van der Waals surface area contributed by atoms with Gasteiger partial charge in [-0.05, 0) is 13.8 Å². The zero-order valence-corrected chi connectivity index (χ0v) is 10.0. The van der Waals surface area contributed by atoms with E-state index in [1.165, 1.54) is 13.8 Å². The SMILES string of the molecule is CC(C)(NC(=O)N[C@H](CC(N)=O)C(=O)O)C(N)=O. The van der Waals surface area contributed by atoms with Crippen LogP contribution in [0, 0.1) is 0 Å². The van der Waals surface area contributed by atoms with E-state index in [9.17, 15) is 19.2 Å². The summed E-state index contributed by atoms with van der Waals surface area (Å²) in [5.41, 5.74) is 8.50. The fourth-order valence-corrected chi connectivity index (χ4v) is 0.941. The third-order valence-corrected chi connectivity index (χ3v) is 2.05. The fraction of sp³-hybridized carbons (Fsp3) is 0.556. The second-order valence-corrected chi connectivity index (χ2v) is 4.15. The van der Waals surface area contributed by atoms with Gasteiger partial charge in [-0.25, -0.2) is 9.59 Å². The first kappa shape index (κ1) is 15.7. The number of hydrogen-bond acceptors (Lipinski definition) is 4. The van der Waals surface area contributed by atoms with Crippen LogP contribution >= 0.6 is 0 Å². The van der Waals surface area contributed by atoms with Crippen molar-refractivity contribution in [2.75, 3.05) is 0 Å². The standard InChI is InChI=1S/C9H16N4O5/c1-9(2,7(11)17)13-8(18)12-4(6(15)16)3-5(10)14/h4H,3H2,1-2H3,(H2,10,14)(H2,11,17)(H,15,16)(H2,12,13,18)/t4-/m1/s1. The minimum Gasteiger partial charge on any atom is -0.480 e. The van der Waals surface area contributed by atoms with E-state index in [-0.39, 0.29) is 0 Å². The van der Waals surface area contributed by atoms with Crippen molar-refractivity contribution in [2.45, 2.75) is 31.8 Å². The van der Waals surface area contributed by atoms with Gasteiger partial charge in [-0.3, -0.25) is 9.59 Å². The molecular formula is C9H16N4O5. The number of nitrogens with two attached hydrogens (primary N) is 2. The third-order valence-electron chi connectivity index (χ3n) is 2.05. The molecule has 0 radical (unpaired) electrons. The number of carbonyl (C=O) groups excluding carboxylic acids is 3. The van der Waals surface area contributed by atoms with Crippen LogP contribution in [-0.2, 0) is 14.4 Å². The summed E-state index contributed by atoms with van der Waals surface area (Å²) in [5.74, 6) is -3.09. The maximum Gasteiger partial charge on any atom is 0.326 e. The van der Waals surface area contributed by atoms with Crippen LogP contribution in [0.2, 0.25) is 0 Å². The second-order valence-electron chi connectivity index (χ2n) is 4.15. The zero-order chi connectivity index (χ0) is 14.5. The molecule has 0 unspecified atom stereocenters. The largest absolute Gasteiger partial charge is 0.480 e. The number of nitrogens with one attached hydrogen (secondary N) is 2. The van der Waals surface area contributed by atoms with Crippen molar-refractivity contribution >= 4 is 23.8 Å². The zero-order valence-electron chi connectivity index (χ0n) is 10.0. The van der Waals surface area contributed by atoms with Crippen LogP contribution in [0.25, 0.3) is 0 Å². The van der Waals surface area contributed by atoms with E-state index >= 15 is 0 Å². The molecule has 0 saturated carbocycles. The van der Waals surface area contributed by atoms with E-state index in [4.69, 9.17) is 16.6 Å². The molecule has 9 heteroatoms. The molecule has 0 fully saturated rings. The molecule has 0 aliphatic heterocycles. The number of hydrogen-bond donors (Lipinski definition) is 5. The van der Waals surface area contributed by atoms with Crippen molar-refractivity contribution in [3.05, 3.63) is 0 Å². The Morgan fingerprint density at radius 3 is 2.06 bits per heavy atom. The Balaban J connectivity index is 4.57. The number of carboxylic acid groups (broad SMARTS) is 1. The van der Waals surface area contributed by atoms with E-state index in [0.29, 0.717) is 0 Å². The monoisotopic (exact) mass is 260 g/mol. The molecule has 7 N–H and O–H groups in total. The van der Waals surface area contributed by atoms with Gasteiger partial charge in [0.05, 0.1) is 6.42 Å². The van der Waals surface area contributed by atoms with Crippen LogP contribution < -0.4 is 22.1 Å². The molecule has 0 aliphatic rings. The van der Waals surface area contributed by atoms with E-state index in [1.807, 2.05) is 5.32 Å². The second kappa shape index (κ2) is 5.84. The van der Waals surface area contributed by atoms with Crippen molar-refractivity contribution < 1.29 is 24.3 Å². The van der Waals surface area contributed by atoms with Crippen molar-refractivity contribution in [3.63, 3.8) is 0 Å². The van der Waals surface area contributed by atoms with E-state index < -0.39 is 41.8 Å². The van der Waals surface area contributed by atoms with Crippen LogP contribution in [0.1, 0.15) is 20.3 Å². The number of urea groups is 1. The van der Waals surface area contributed by atoms with Gasteiger partial charge in [-0.2, -0.15) is 0 Å². The lowest BCUT2D eigenvalue weighted by Crippen LogP contribution is -2.58. The summed E-state index contributed by atoms with van der Waals surface area (Å²) in [6.07, 6.45) is -0.556. The van der Waals surface area contributed by atoms with Gasteiger partial charge in [0.1, 0.15) is 11.6 Å². The average Bonchev–Trinajstić information content (AvgIpc) is 2.14. The quantitative estimate of drug-likeness (QED) is 0.367. The van der Waals surface area contributed by atoms with E-state index in [2.05, 4.69) is 5.32 Å². The van der Waals surface area contributed by atoms with Gasteiger partial charge in [0.2, 0.25) is 11.8 Å². The molecule has 4 amide bonds. The summed E-state index contributed by atoms with van der Waals surface area (Å²) in [4.78, 5) is 43.7. The van der Waals surface area contributed by atoms with Crippen LogP contribution in [0.4, 0.5) is 4.79 Å². The summed E-state index contributed by atoms with van der Waals surface area (Å²) < 4.78 is 0. The van der Waals surface area contributed by atoms with Gasteiger partial charge in [0.15, 0.2) is 0 Å². The molecule has 1 atom stereocenters. The minimum absolute atomic E-state index is 0.556. The van der Waals surface area contributed by atoms with Crippen molar-refractivity contribution in [1.29, 1.82) is 0 Å². The average molecular weight is 260 g/mol. The number of carbonyl (C=O) groups is 4. The highest BCUT2D eigenvalue weighted by Crippen LogP contribution is 2.00. The number of carboxylic acids is 1. The Morgan fingerprint density at radius 1 is 1.22 bits per heavy atom. The molecule has 0 aromatic rings. The number of rotatable bonds is 6. The Labute approximate surface area is 103 Å². The molecule has 0 bridgehead atoms. The molecule has 0 rings (SSSR count). The van der Waals surface area contributed by atoms with Gasteiger partial charge < -0.3 is 27.2 Å². The molecule has 0 aromatic carbocycles. The van der Waals surface area contributed by atoms with Crippen LogP contribution in [0.3, 0.4) is 0 Å². The van der Waals surface area contributed by atoms with Crippen LogP contribution in [0.5, 0.6) is 0 Å². The van der Waals surface area contributed by atoms with E-state index in [1.54, 1.807) is 0 Å². The van der Waals surface area contributed by atoms with Crippen molar-refractivity contribution in [1.82, 2.24) is 10.6 Å². The molecule has 0 aromatic heterocycles. The Kier molecular flexibility index (Phi) is 5.09. The fourth-order valence-electron chi connectivity index (χ4n) is 0.941. The smallest absolute Gasteiger partial charge is 0.326 e. The van der Waals surface area contributed by atoms with Crippen LogP contribution in [-0.4, -0.2) is 40.5 Å². The first-order valence-corrected chi connectivity index (χ1v) is 4.96. The topological polar surface area (TPSA) is 165 Å². The van der Waals surface area contributed by atoms with Gasteiger partial charge in [0, 0.05) is 0 Å². The molecular weight excluding hydrogens is 244 g/mol. The normalized spacial score (nSPS) is 12.3. The molecule has 0 aliphatic carbocycles. The summed E-state index contributed by atoms with van der Waals surface area (Å²) in [6.45, 7) is 2.69. The Morgan fingerprint density at radius 2 is 1.72 bits per heavy atom. The predicted octanol–water partition coefficient (Wildman–Crippen LogP) is -2.12. The highest BCUT2D eigenvalue weighted by Gasteiger charge is 2.29. The highest BCUT2D eigenvalue weighted by molar-refractivity contribution is 5.91. The first-order valence-electron chi connectivity index (χ1n) is 4.96. The molecule has 0 saturated heterocycles. The summed E-state index contributed by atoms with van der Waals surface area (Å²) in [5, 5.41) is 12.9. The highest BCUT2D eigenvalue weighted by atomic mass is 16.4. The van der Waals surface area contributed by atoms with Crippen molar-refractivity contribution in [2.24, 2.45) is 11.5 Å². The van der Waals surface area contributed by atoms with E-state index in [0.717, 1.165) is 0 Å². The lowest BCUT2D eigenvalue weighted by Gasteiger charge is -2.23. The summed E-state index contributed by atoms with van der Waals surface area (Å²) in [7, 11) is 0. The first-order chi connectivity index (χ1) is 8.06.